The van der Waals surface area contributed by atoms with Crippen molar-refractivity contribution in [2.45, 2.75) is 157 Å². The fourth-order valence-corrected chi connectivity index (χ4v) is 3.27. The molecule has 2 rings (SSSR count). The van der Waals surface area contributed by atoms with Crippen molar-refractivity contribution in [3.05, 3.63) is 0 Å². The molecule has 0 heterocycles. The zero-order valence-electron chi connectivity index (χ0n) is 24.8. The van der Waals surface area contributed by atoms with Crippen LogP contribution in [-0.2, 0) is 9.59 Å². The predicted molar refractivity (Wildman–Crippen MR) is 148 cm³/mol. The molecular weight excluding hydrogens is 424 g/mol. The molecule has 34 heavy (non-hydrogen) atoms. The van der Waals surface area contributed by atoms with Crippen molar-refractivity contribution in [3.63, 3.8) is 0 Å². The van der Waals surface area contributed by atoms with Crippen LogP contribution >= 0.6 is 0 Å². The molecule has 0 bridgehead atoms. The molecule has 0 aromatic carbocycles. The topological polar surface area (TPSA) is 110 Å². The van der Waals surface area contributed by atoms with Gasteiger partial charge < -0.3 is 22.1 Å². The number of rotatable bonds is 6. The number of nitrogens with one attached hydrogen (secondary N) is 2. The Morgan fingerprint density at radius 1 is 0.882 bits per heavy atom. The summed E-state index contributed by atoms with van der Waals surface area (Å²) in [5, 5.41) is 5.83. The number of amides is 2. The zero-order chi connectivity index (χ0) is 27.4. The van der Waals surface area contributed by atoms with Gasteiger partial charge in [0.05, 0.1) is 0 Å². The Labute approximate surface area is 212 Å². The molecular formula is C28H60N4O2. The molecule has 2 amide bonds. The van der Waals surface area contributed by atoms with E-state index in [1.54, 1.807) is 6.92 Å². The van der Waals surface area contributed by atoms with E-state index < -0.39 is 0 Å². The molecule has 0 atom stereocenters. The van der Waals surface area contributed by atoms with Gasteiger partial charge in [-0.25, -0.2) is 0 Å². The van der Waals surface area contributed by atoms with Gasteiger partial charge in [-0.05, 0) is 90.9 Å². The van der Waals surface area contributed by atoms with Crippen LogP contribution in [0.1, 0.15) is 134 Å². The van der Waals surface area contributed by atoms with Gasteiger partial charge in [-0.2, -0.15) is 0 Å². The van der Waals surface area contributed by atoms with Gasteiger partial charge in [0.25, 0.3) is 0 Å². The highest BCUT2D eigenvalue weighted by atomic mass is 16.2. The summed E-state index contributed by atoms with van der Waals surface area (Å²) < 4.78 is 0. The summed E-state index contributed by atoms with van der Waals surface area (Å²) in [5.41, 5.74) is 12.0. The maximum Gasteiger partial charge on any atom is 0.217 e. The Bertz CT molecular complexity index is 578. The Kier molecular flexibility index (Phi) is 15.5. The van der Waals surface area contributed by atoms with Gasteiger partial charge in [-0.1, -0.05) is 41.5 Å². The number of nitrogens with two attached hydrogens (primary N) is 2. The molecule has 0 aromatic rings. The summed E-state index contributed by atoms with van der Waals surface area (Å²) >= 11 is 0. The van der Waals surface area contributed by atoms with E-state index in [4.69, 9.17) is 11.5 Å². The molecule has 0 spiro atoms. The normalized spacial score (nSPS) is 17.9. The highest BCUT2D eigenvalue weighted by Gasteiger charge is 2.35. The zero-order valence-corrected chi connectivity index (χ0v) is 24.8. The fourth-order valence-electron chi connectivity index (χ4n) is 3.27. The van der Waals surface area contributed by atoms with Gasteiger partial charge in [0.2, 0.25) is 11.8 Å². The SMILES string of the molecule is CC(C)C(C)(C)N.CC(C)C1(N)CCC1.CCC(C)(C)NC(C)=O.CCC1(NC(C)=O)CCC1. The average Bonchev–Trinajstić information content (AvgIpc) is 2.62. The lowest BCUT2D eigenvalue weighted by molar-refractivity contribution is -0.122. The van der Waals surface area contributed by atoms with Gasteiger partial charge in [-0.3, -0.25) is 9.59 Å². The van der Waals surface area contributed by atoms with Crippen molar-refractivity contribution in [2.75, 3.05) is 0 Å². The molecule has 6 N–H and O–H groups in total. The molecule has 0 radical (unpaired) electrons. The minimum atomic E-state index is -0.0359. The summed E-state index contributed by atoms with van der Waals surface area (Å²) in [6.07, 6.45) is 9.48. The molecule has 6 nitrogen and oxygen atoms in total. The van der Waals surface area contributed by atoms with Crippen molar-refractivity contribution < 1.29 is 9.59 Å². The van der Waals surface area contributed by atoms with E-state index in [1.807, 2.05) is 27.7 Å². The van der Waals surface area contributed by atoms with E-state index in [0.29, 0.717) is 11.8 Å². The first-order valence-corrected chi connectivity index (χ1v) is 13.4. The summed E-state index contributed by atoms with van der Waals surface area (Å²) in [6.45, 7) is 24.1. The van der Waals surface area contributed by atoms with Gasteiger partial charge in [0, 0.05) is 36.0 Å². The Morgan fingerprint density at radius 2 is 1.29 bits per heavy atom. The highest BCUT2D eigenvalue weighted by Crippen LogP contribution is 2.35. The minimum absolute atomic E-state index is 0. The Balaban J connectivity index is 0. The second-order valence-corrected chi connectivity index (χ2v) is 12.3. The van der Waals surface area contributed by atoms with Crippen molar-refractivity contribution in [1.82, 2.24) is 10.6 Å². The first kappa shape index (κ1) is 35.0. The molecule has 0 unspecified atom stereocenters. The van der Waals surface area contributed by atoms with Gasteiger partial charge in [0.15, 0.2) is 0 Å². The van der Waals surface area contributed by atoms with Crippen LogP contribution in [-0.4, -0.2) is 34.0 Å². The van der Waals surface area contributed by atoms with Gasteiger partial charge >= 0.3 is 0 Å². The quantitative estimate of drug-likeness (QED) is 0.389. The third kappa shape index (κ3) is 15.0. The predicted octanol–water partition coefficient (Wildman–Crippen LogP) is 5.67. The average molecular weight is 485 g/mol. The van der Waals surface area contributed by atoms with Crippen LogP contribution in [0.4, 0.5) is 0 Å². The van der Waals surface area contributed by atoms with Crippen LogP contribution in [0.15, 0.2) is 0 Å². The molecule has 2 aliphatic carbocycles. The van der Waals surface area contributed by atoms with E-state index in [9.17, 15) is 9.59 Å². The first-order valence-electron chi connectivity index (χ1n) is 13.4. The van der Waals surface area contributed by atoms with Gasteiger partial charge in [0.1, 0.15) is 0 Å². The fraction of sp³-hybridized carbons (Fsp3) is 0.929. The summed E-state index contributed by atoms with van der Waals surface area (Å²) in [6, 6.07) is 0. The summed E-state index contributed by atoms with van der Waals surface area (Å²) in [4.78, 5) is 21.2. The lowest BCUT2D eigenvalue weighted by atomic mass is 9.70. The van der Waals surface area contributed by atoms with Crippen molar-refractivity contribution >= 4 is 11.8 Å². The van der Waals surface area contributed by atoms with E-state index in [-0.39, 0.29) is 34.0 Å². The molecule has 6 heteroatoms. The van der Waals surface area contributed by atoms with Crippen LogP contribution in [0, 0.1) is 11.8 Å². The molecule has 0 aromatic heterocycles. The maximum absolute atomic E-state index is 10.7. The minimum Gasteiger partial charge on any atom is -0.351 e. The summed E-state index contributed by atoms with van der Waals surface area (Å²) in [5.74, 6) is 1.41. The third-order valence-electron chi connectivity index (χ3n) is 7.75. The second kappa shape index (κ2) is 15.1. The van der Waals surface area contributed by atoms with E-state index >= 15 is 0 Å². The van der Waals surface area contributed by atoms with Crippen LogP contribution in [0.25, 0.3) is 0 Å². The number of carbonyl (C=O) groups excluding carboxylic acids is 2. The molecule has 0 aliphatic heterocycles. The van der Waals surface area contributed by atoms with Crippen LogP contribution < -0.4 is 22.1 Å². The van der Waals surface area contributed by atoms with Crippen LogP contribution in [0.3, 0.4) is 0 Å². The van der Waals surface area contributed by atoms with E-state index in [0.717, 1.165) is 12.8 Å². The third-order valence-corrected chi connectivity index (χ3v) is 7.75. The monoisotopic (exact) mass is 484 g/mol. The first-order chi connectivity index (χ1) is 15.3. The molecule has 0 saturated heterocycles. The second-order valence-electron chi connectivity index (χ2n) is 12.3. The Hall–Kier alpha value is -1.14. The molecule has 204 valence electrons. The number of hydrogen-bond acceptors (Lipinski definition) is 4. The smallest absolute Gasteiger partial charge is 0.217 e. The lowest BCUT2D eigenvalue weighted by Gasteiger charge is -2.41. The van der Waals surface area contributed by atoms with E-state index in [2.05, 4.69) is 52.2 Å². The largest absolute Gasteiger partial charge is 0.351 e. The number of carbonyl (C=O) groups is 2. The Morgan fingerprint density at radius 3 is 1.35 bits per heavy atom. The van der Waals surface area contributed by atoms with E-state index in [1.165, 1.54) is 45.4 Å². The van der Waals surface area contributed by atoms with Crippen molar-refractivity contribution in [2.24, 2.45) is 23.3 Å². The molecule has 2 aliphatic rings. The van der Waals surface area contributed by atoms with Crippen LogP contribution in [0.5, 0.6) is 0 Å². The standard InChI is InChI=1S/C8H15NO.C7H15NO.C7H15N.C6H15N/c1-3-8(5-4-6-8)9-7(2)10;1-5-7(3,4)8-6(2)9;1-6(2)7(8)4-3-5-7;1-5(2)6(3,4)7/h3-6H2,1-2H3,(H,9,10);5H2,1-4H3,(H,8,9);6H,3-5,8H2,1-2H3;5H,7H2,1-4H3. The molecule has 2 saturated carbocycles. The maximum atomic E-state index is 10.7. The number of hydrogen-bond donors (Lipinski definition) is 4. The summed E-state index contributed by atoms with van der Waals surface area (Å²) in [7, 11) is 0. The highest BCUT2D eigenvalue weighted by molar-refractivity contribution is 5.74. The molecule has 2 fully saturated rings. The van der Waals surface area contributed by atoms with Crippen molar-refractivity contribution in [3.8, 4) is 0 Å². The van der Waals surface area contributed by atoms with Crippen molar-refractivity contribution in [1.29, 1.82) is 0 Å². The van der Waals surface area contributed by atoms with Crippen LogP contribution in [0.2, 0.25) is 0 Å². The van der Waals surface area contributed by atoms with Gasteiger partial charge in [-0.15, -0.1) is 0 Å². The lowest BCUT2D eigenvalue weighted by Crippen LogP contribution is -2.52.